The molecule has 31 heavy (non-hydrogen) atoms. The van der Waals surface area contributed by atoms with Crippen molar-refractivity contribution in [2.45, 2.75) is 52.5 Å². The lowest BCUT2D eigenvalue weighted by Crippen LogP contribution is -2.45. The van der Waals surface area contributed by atoms with Gasteiger partial charge in [-0.15, -0.1) is 0 Å². The van der Waals surface area contributed by atoms with Gasteiger partial charge in [0, 0.05) is 35.6 Å². The van der Waals surface area contributed by atoms with Crippen LogP contribution in [0.5, 0.6) is 5.75 Å². The fourth-order valence-electron chi connectivity index (χ4n) is 4.14. The molecule has 0 saturated heterocycles. The number of aryl methyl sites for hydroxylation is 2. The summed E-state index contributed by atoms with van der Waals surface area (Å²) in [6.45, 7) is 11.0. The van der Waals surface area contributed by atoms with Crippen molar-refractivity contribution in [3.63, 3.8) is 0 Å². The Morgan fingerprint density at radius 1 is 1.26 bits per heavy atom. The number of hydrazone groups is 1. The highest BCUT2D eigenvalue weighted by Gasteiger charge is 2.34. The van der Waals surface area contributed by atoms with Crippen molar-refractivity contribution in [2.24, 2.45) is 5.10 Å². The Morgan fingerprint density at radius 2 is 2.00 bits per heavy atom. The molecule has 0 radical (unpaired) electrons. The average Bonchev–Trinajstić information content (AvgIpc) is 2.72. The molecule has 1 amide bonds. The SMILES string of the molecule is COc1cc2c(cc1/C=N\NC(=O)CNc1ccc(C)c(C)c1)C(C)CC(C)(C)N2C. The summed E-state index contributed by atoms with van der Waals surface area (Å²) in [7, 11) is 3.78. The number of ether oxygens (including phenoxy) is 1. The summed E-state index contributed by atoms with van der Waals surface area (Å²) in [5.41, 5.74) is 9.31. The van der Waals surface area contributed by atoms with E-state index in [2.05, 4.69) is 74.5 Å². The summed E-state index contributed by atoms with van der Waals surface area (Å²) < 4.78 is 5.60. The number of rotatable bonds is 6. The highest BCUT2D eigenvalue weighted by Crippen LogP contribution is 2.44. The van der Waals surface area contributed by atoms with Crippen LogP contribution in [0.25, 0.3) is 0 Å². The first kappa shape index (κ1) is 22.7. The fourth-order valence-corrected chi connectivity index (χ4v) is 4.14. The van der Waals surface area contributed by atoms with Gasteiger partial charge in [0.1, 0.15) is 5.75 Å². The average molecular weight is 423 g/mol. The van der Waals surface area contributed by atoms with E-state index in [1.165, 1.54) is 22.4 Å². The van der Waals surface area contributed by atoms with Crippen LogP contribution in [-0.2, 0) is 4.79 Å². The lowest BCUT2D eigenvalue weighted by molar-refractivity contribution is -0.119. The number of hydrogen-bond acceptors (Lipinski definition) is 5. The van der Waals surface area contributed by atoms with Gasteiger partial charge in [-0.05, 0) is 74.9 Å². The first-order chi connectivity index (χ1) is 14.6. The summed E-state index contributed by atoms with van der Waals surface area (Å²) in [6.07, 6.45) is 2.72. The molecule has 1 atom stereocenters. The molecule has 0 fully saturated rings. The first-order valence-electron chi connectivity index (χ1n) is 10.7. The third-order valence-corrected chi connectivity index (χ3v) is 6.34. The zero-order chi connectivity index (χ0) is 22.8. The third kappa shape index (κ3) is 5.01. The highest BCUT2D eigenvalue weighted by molar-refractivity contribution is 5.88. The van der Waals surface area contributed by atoms with Crippen LogP contribution in [0.2, 0.25) is 0 Å². The number of carbonyl (C=O) groups is 1. The molecule has 0 spiro atoms. The molecular weight excluding hydrogens is 388 g/mol. The van der Waals surface area contributed by atoms with Gasteiger partial charge in [-0.1, -0.05) is 13.0 Å². The maximum absolute atomic E-state index is 12.2. The molecule has 1 unspecified atom stereocenters. The predicted molar refractivity (Wildman–Crippen MR) is 129 cm³/mol. The van der Waals surface area contributed by atoms with E-state index >= 15 is 0 Å². The van der Waals surface area contributed by atoms with Crippen molar-refractivity contribution >= 4 is 23.5 Å². The number of fused-ring (bicyclic) bond motifs is 1. The van der Waals surface area contributed by atoms with E-state index in [0.29, 0.717) is 5.92 Å². The Labute approximate surface area is 185 Å². The second-order valence-corrected chi connectivity index (χ2v) is 9.08. The van der Waals surface area contributed by atoms with E-state index in [0.717, 1.165) is 23.4 Å². The van der Waals surface area contributed by atoms with Crippen LogP contribution in [-0.4, -0.2) is 38.4 Å². The number of nitrogens with zero attached hydrogens (tertiary/aromatic N) is 2. The molecule has 166 valence electrons. The Balaban J connectivity index is 1.68. The van der Waals surface area contributed by atoms with E-state index < -0.39 is 0 Å². The topological polar surface area (TPSA) is 66.0 Å². The quantitative estimate of drug-likeness (QED) is 0.528. The van der Waals surface area contributed by atoms with E-state index in [4.69, 9.17) is 4.74 Å². The molecule has 1 heterocycles. The minimum atomic E-state index is -0.207. The van der Waals surface area contributed by atoms with Gasteiger partial charge >= 0.3 is 0 Å². The summed E-state index contributed by atoms with van der Waals surface area (Å²) in [4.78, 5) is 14.5. The van der Waals surface area contributed by atoms with Crippen molar-refractivity contribution in [3.05, 3.63) is 52.6 Å². The van der Waals surface area contributed by atoms with Crippen molar-refractivity contribution in [3.8, 4) is 5.75 Å². The molecule has 0 aliphatic carbocycles. The van der Waals surface area contributed by atoms with Gasteiger partial charge in [0.25, 0.3) is 5.91 Å². The lowest BCUT2D eigenvalue weighted by Gasteiger charge is -2.45. The number of carbonyl (C=O) groups excluding carboxylic acids is 1. The van der Waals surface area contributed by atoms with Crippen LogP contribution in [0.15, 0.2) is 35.4 Å². The molecule has 1 aliphatic heterocycles. The van der Waals surface area contributed by atoms with Crippen molar-refractivity contribution < 1.29 is 9.53 Å². The fraction of sp³-hybridized carbons (Fsp3) is 0.440. The molecule has 0 bridgehead atoms. The number of methoxy groups -OCH3 is 1. The van der Waals surface area contributed by atoms with Crippen LogP contribution < -0.4 is 20.4 Å². The summed E-state index contributed by atoms with van der Waals surface area (Å²) in [6, 6.07) is 10.2. The molecule has 3 rings (SSSR count). The van der Waals surface area contributed by atoms with E-state index in [1.807, 2.05) is 18.2 Å². The molecule has 1 aliphatic rings. The van der Waals surface area contributed by atoms with Crippen molar-refractivity contribution in [1.82, 2.24) is 5.43 Å². The van der Waals surface area contributed by atoms with Crippen LogP contribution >= 0.6 is 0 Å². The maximum atomic E-state index is 12.2. The number of nitrogens with one attached hydrogen (secondary N) is 2. The number of anilines is 2. The van der Waals surface area contributed by atoms with Gasteiger partial charge in [0.15, 0.2) is 0 Å². The Hall–Kier alpha value is -3.02. The Bertz CT molecular complexity index is 997. The van der Waals surface area contributed by atoms with Gasteiger partial charge in [-0.3, -0.25) is 4.79 Å². The molecule has 6 heteroatoms. The second-order valence-electron chi connectivity index (χ2n) is 9.08. The predicted octanol–water partition coefficient (Wildman–Crippen LogP) is 4.60. The van der Waals surface area contributed by atoms with Crippen molar-refractivity contribution in [1.29, 1.82) is 0 Å². The maximum Gasteiger partial charge on any atom is 0.259 e. The summed E-state index contributed by atoms with van der Waals surface area (Å²) in [5.74, 6) is 0.957. The molecule has 0 aromatic heterocycles. The Kier molecular flexibility index (Phi) is 6.58. The zero-order valence-electron chi connectivity index (χ0n) is 19.7. The molecule has 0 saturated carbocycles. The highest BCUT2D eigenvalue weighted by atomic mass is 16.5. The summed E-state index contributed by atoms with van der Waals surface area (Å²) >= 11 is 0. The van der Waals surface area contributed by atoms with Gasteiger partial charge in [0.05, 0.1) is 19.9 Å². The molecule has 2 aromatic carbocycles. The first-order valence-corrected chi connectivity index (χ1v) is 10.7. The number of benzene rings is 2. The minimum absolute atomic E-state index is 0.0873. The van der Waals surface area contributed by atoms with E-state index in [1.54, 1.807) is 13.3 Å². The molecule has 2 aromatic rings. The van der Waals surface area contributed by atoms with E-state index in [-0.39, 0.29) is 18.0 Å². The number of hydrogen-bond donors (Lipinski definition) is 2. The van der Waals surface area contributed by atoms with Gasteiger partial charge in [-0.2, -0.15) is 5.10 Å². The molecular formula is C25H34N4O2. The monoisotopic (exact) mass is 422 g/mol. The third-order valence-electron chi connectivity index (χ3n) is 6.34. The largest absolute Gasteiger partial charge is 0.496 e. The van der Waals surface area contributed by atoms with Crippen molar-refractivity contribution in [2.75, 3.05) is 30.9 Å². The van der Waals surface area contributed by atoms with E-state index in [9.17, 15) is 4.79 Å². The lowest BCUT2D eigenvalue weighted by atomic mass is 9.80. The van der Waals surface area contributed by atoms with Crippen LogP contribution in [0.3, 0.4) is 0 Å². The molecule has 6 nitrogen and oxygen atoms in total. The van der Waals surface area contributed by atoms with Gasteiger partial charge in [-0.25, -0.2) is 5.43 Å². The van der Waals surface area contributed by atoms with Crippen LogP contribution in [0.1, 0.15) is 55.4 Å². The number of amides is 1. The van der Waals surface area contributed by atoms with Crippen LogP contribution in [0.4, 0.5) is 11.4 Å². The second kappa shape index (κ2) is 9.00. The zero-order valence-corrected chi connectivity index (χ0v) is 19.7. The van der Waals surface area contributed by atoms with Crippen LogP contribution in [0, 0.1) is 13.8 Å². The summed E-state index contributed by atoms with van der Waals surface area (Å²) in [5, 5.41) is 7.28. The standard InChI is InChI=1S/C25H34N4O2/c1-16-8-9-20(10-17(16)2)26-15-24(30)28-27-14-19-11-21-18(3)13-25(4,5)29(6)22(21)12-23(19)31-7/h8-12,14,18,26H,13,15H2,1-7H3,(H,28,30)/b27-14-. The van der Waals surface area contributed by atoms with Gasteiger partial charge < -0.3 is 15.0 Å². The van der Waals surface area contributed by atoms with Gasteiger partial charge in [0.2, 0.25) is 0 Å². The molecule has 2 N–H and O–H groups in total. The minimum Gasteiger partial charge on any atom is -0.496 e. The Morgan fingerprint density at radius 3 is 2.68 bits per heavy atom. The normalized spacial score (nSPS) is 17.4. The smallest absolute Gasteiger partial charge is 0.259 e.